The molecule has 0 aliphatic heterocycles. The van der Waals surface area contributed by atoms with Gasteiger partial charge in [0.25, 0.3) is 0 Å². The van der Waals surface area contributed by atoms with Crippen LogP contribution in [0.4, 0.5) is 0 Å². The van der Waals surface area contributed by atoms with Crippen molar-refractivity contribution in [2.75, 3.05) is 6.61 Å². The molecule has 2 heterocycles. The largest absolute Gasteiger partial charge is 0.494 e. The Balaban J connectivity index is 1.86. The van der Waals surface area contributed by atoms with Gasteiger partial charge in [-0.15, -0.1) is 0 Å². The summed E-state index contributed by atoms with van der Waals surface area (Å²) in [5.41, 5.74) is 9.27. The number of benzene rings is 1. The van der Waals surface area contributed by atoms with Crippen LogP contribution in [0.25, 0.3) is 5.52 Å². The number of fused-ring (bicyclic) bond motifs is 1. The van der Waals surface area contributed by atoms with E-state index in [2.05, 4.69) is 17.0 Å². The average molecular weight is 282 g/mol. The molecule has 0 aliphatic carbocycles. The highest BCUT2D eigenvalue weighted by atomic mass is 16.5. The molecule has 1 atom stereocenters. The Hall–Kier alpha value is -2.40. The van der Waals surface area contributed by atoms with Gasteiger partial charge < -0.3 is 10.5 Å². The van der Waals surface area contributed by atoms with Crippen molar-refractivity contribution in [3.05, 3.63) is 60.2 Å². The number of ether oxygens (including phenoxy) is 1. The molecular weight excluding hydrogens is 264 g/mol. The highest BCUT2D eigenvalue weighted by Gasteiger charge is 2.14. The van der Waals surface area contributed by atoms with Crippen molar-refractivity contribution in [1.29, 1.82) is 0 Å². The van der Waals surface area contributed by atoms with Crippen LogP contribution < -0.4 is 10.5 Å². The summed E-state index contributed by atoms with van der Waals surface area (Å²) in [5, 5.41) is 4.30. The zero-order chi connectivity index (χ0) is 14.7. The van der Waals surface area contributed by atoms with E-state index in [4.69, 9.17) is 10.5 Å². The fourth-order valence-electron chi connectivity index (χ4n) is 2.26. The third-order valence-electron chi connectivity index (χ3n) is 3.40. The quantitative estimate of drug-likeness (QED) is 0.781. The summed E-state index contributed by atoms with van der Waals surface area (Å²) >= 11 is 0. The molecule has 5 nitrogen and oxygen atoms in total. The maximum Gasteiger partial charge on any atom is 0.119 e. The maximum atomic E-state index is 6.36. The van der Waals surface area contributed by atoms with Crippen LogP contribution in [-0.4, -0.2) is 21.2 Å². The Morgan fingerprint density at radius 3 is 2.81 bits per heavy atom. The van der Waals surface area contributed by atoms with E-state index >= 15 is 0 Å². The molecule has 0 amide bonds. The molecule has 2 aromatic heterocycles. The smallest absolute Gasteiger partial charge is 0.119 e. The molecule has 0 spiro atoms. The number of nitrogens with zero attached hydrogens (tertiary/aromatic N) is 3. The Kier molecular flexibility index (Phi) is 3.83. The van der Waals surface area contributed by atoms with Gasteiger partial charge in [0.1, 0.15) is 5.75 Å². The van der Waals surface area contributed by atoms with Gasteiger partial charge in [0.15, 0.2) is 0 Å². The van der Waals surface area contributed by atoms with Gasteiger partial charge in [-0.2, -0.15) is 5.10 Å². The van der Waals surface area contributed by atoms with E-state index in [1.54, 1.807) is 23.1 Å². The molecule has 0 fully saturated rings. The molecule has 21 heavy (non-hydrogen) atoms. The van der Waals surface area contributed by atoms with Crippen LogP contribution in [0.1, 0.15) is 30.5 Å². The molecule has 3 rings (SSSR count). The summed E-state index contributed by atoms with van der Waals surface area (Å²) in [6, 6.07) is 7.67. The predicted octanol–water partition coefficient (Wildman–Crippen LogP) is 2.57. The molecule has 3 aromatic rings. The van der Waals surface area contributed by atoms with Crippen molar-refractivity contribution >= 4 is 5.52 Å². The van der Waals surface area contributed by atoms with E-state index in [1.807, 2.05) is 30.5 Å². The molecule has 5 heteroatoms. The first kappa shape index (κ1) is 13.6. The minimum absolute atomic E-state index is 0.230. The van der Waals surface area contributed by atoms with Crippen LogP contribution in [0, 0.1) is 0 Å². The molecule has 0 saturated heterocycles. The van der Waals surface area contributed by atoms with Crippen molar-refractivity contribution in [1.82, 2.24) is 14.6 Å². The van der Waals surface area contributed by atoms with Crippen LogP contribution in [-0.2, 0) is 0 Å². The first-order valence-corrected chi connectivity index (χ1v) is 7.05. The SMILES string of the molecule is CCCOc1ccc(C(N)c2cnn3ccncc23)cc1. The molecule has 0 aliphatic rings. The predicted molar refractivity (Wildman–Crippen MR) is 81.2 cm³/mol. The number of hydrogen-bond donors (Lipinski definition) is 1. The van der Waals surface area contributed by atoms with Crippen molar-refractivity contribution in [3.63, 3.8) is 0 Å². The second-order valence-corrected chi connectivity index (χ2v) is 4.90. The lowest BCUT2D eigenvalue weighted by molar-refractivity contribution is 0.317. The van der Waals surface area contributed by atoms with Gasteiger partial charge in [0, 0.05) is 18.0 Å². The average Bonchev–Trinajstić information content (AvgIpc) is 2.97. The maximum absolute atomic E-state index is 6.36. The third-order valence-corrected chi connectivity index (χ3v) is 3.40. The molecule has 0 bridgehead atoms. The number of hydrogen-bond acceptors (Lipinski definition) is 4. The van der Waals surface area contributed by atoms with Crippen molar-refractivity contribution in [2.24, 2.45) is 5.73 Å². The van der Waals surface area contributed by atoms with E-state index in [0.29, 0.717) is 0 Å². The fraction of sp³-hybridized carbons (Fsp3) is 0.250. The third kappa shape index (κ3) is 2.73. The number of aromatic nitrogens is 3. The Bertz CT molecular complexity index is 720. The molecule has 0 radical (unpaired) electrons. The van der Waals surface area contributed by atoms with Gasteiger partial charge in [0.2, 0.25) is 0 Å². The normalized spacial score (nSPS) is 12.5. The van der Waals surface area contributed by atoms with Crippen LogP contribution in [0.2, 0.25) is 0 Å². The first-order chi connectivity index (χ1) is 10.3. The summed E-state index contributed by atoms with van der Waals surface area (Å²) in [5.74, 6) is 0.870. The van der Waals surface area contributed by atoms with Crippen LogP contribution in [0.3, 0.4) is 0 Å². The van der Waals surface area contributed by atoms with Gasteiger partial charge in [0.05, 0.1) is 30.6 Å². The Morgan fingerprint density at radius 1 is 1.24 bits per heavy atom. The molecule has 108 valence electrons. The van der Waals surface area contributed by atoms with E-state index in [0.717, 1.165) is 35.4 Å². The lowest BCUT2D eigenvalue weighted by atomic mass is 10.0. The van der Waals surface area contributed by atoms with Gasteiger partial charge in [-0.25, -0.2) is 4.52 Å². The Labute approximate surface area is 123 Å². The fourth-order valence-corrected chi connectivity index (χ4v) is 2.26. The van der Waals surface area contributed by atoms with Gasteiger partial charge in [-0.1, -0.05) is 19.1 Å². The topological polar surface area (TPSA) is 65.4 Å². The van der Waals surface area contributed by atoms with Crippen molar-refractivity contribution < 1.29 is 4.74 Å². The van der Waals surface area contributed by atoms with Gasteiger partial charge >= 0.3 is 0 Å². The van der Waals surface area contributed by atoms with Gasteiger partial charge in [-0.05, 0) is 24.1 Å². The minimum Gasteiger partial charge on any atom is -0.494 e. The van der Waals surface area contributed by atoms with Crippen LogP contribution in [0.15, 0.2) is 49.1 Å². The molecular formula is C16H18N4O. The van der Waals surface area contributed by atoms with Crippen LogP contribution >= 0.6 is 0 Å². The van der Waals surface area contributed by atoms with Gasteiger partial charge in [-0.3, -0.25) is 4.98 Å². The van der Waals surface area contributed by atoms with E-state index in [-0.39, 0.29) is 6.04 Å². The van der Waals surface area contributed by atoms with Crippen LogP contribution in [0.5, 0.6) is 5.75 Å². The monoisotopic (exact) mass is 282 g/mol. The summed E-state index contributed by atoms with van der Waals surface area (Å²) in [6.45, 7) is 2.81. The molecule has 1 unspecified atom stereocenters. The van der Waals surface area contributed by atoms with Crippen molar-refractivity contribution in [2.45, 2.75) is 19.4 Å². The van der Waals surface area contributed by atoms with Crippen molar-refractivity contribution in [3.8, 4) is 5.75 Å². The van der Waals surface area contributed by atoms with E-state index in [1.165, 1.54) is 0 Å². The summed E-state index contributed by atoms with van der Waals surface area (Å²) in [6.07, 6.45) is 8.09. The second kappa shape index (κ2) is 5.93. The highest BCUT2D eigenvalue weighted by Crippen LogP contribution is 2.24. The van der Waals surface area contributed by atoms with E-state index < -0.39 is 0 Å². The lowest BCUT2D eigenvalue weighted by Gasteiger charge is -2.12. The summed E-state index contributed by atoms with van der Waals surface area (Å²) < 4.78 is 7.36. The second-order valence-electron chi connectivity index (χ2n) is 4.90. The first-order valence-electron chi connectivity index (χ1n) is 7.05. The Morgan fingerprint density at radius 2 is 2.05 bits per heavy atom. The number of rotatable bonds is 5. The molecule has 2 N–H and O–H groups in total. The molecule has 0 saturated carbocycles. The minimum atomic E-state index is -0.230. The lowest BCUT2D eigenvalue weighted by Crippen LogP contribution is -2.11. The van der Waals surface area contributed by atoms with E-state index in [9.17, 15) is 0 Å². The molecule has 1 aromatic carbocycles. The standard InChI is InChI=1S/C16H18N4O/c1-2-9-21-13-5-3-12(4-6-13)16(17)14-10-19-20-8-7-18-11-15(14)20/h3-8,10-11,16H,2,9,17H2,1H3. The summed E-state index contributed by atoms with van der Waals surface area (Å²) in [4.78, 5) is 4.13. The zero-order valence-electron chi connectivity index (χ0n) is 11.9. The summed E-state index contributed by atoms with van der Waals surface area (Å²) in [7, 11) is 0. The highest BCUT2D eigenvalue weighted by molar-refractivity contribution is 5.55. The zero-order valence-corrected chi connectivity index (χ0v) is 11.9. The number of nitrogens with two attached hydrogens (primary N) is 1.